The molecule has 0 aliphatic rings. The summed E-state index contributed by atoms with van der Waals surface area (Å²) in [5.74, 6) is 0.889. The van der Waals surface area contributed by atoms with Crippen LogP contribution in [-0.4, -0.2) is 18.6 Å². The topological polar surface area (TPSA) is 34.1 Å². The lowest BCUT2D eigenvalue weighted by Gasteiger charge is -2.07. The number of pyridine rings is 1. The second-order valence-electron chi connectivity index (χ2n) is 4.38. The number of ether oxygens (including phenoxy) is 1. The first-order valence-corrected chi connectivity index (χ1v) is 6.48. The van der Waals surface area contributed by atoms with Crippen molar-refractivity contribution in [1.29, 1.82) is 0 Å². The third kappa shape index (κ3) is 5.68. The third-order valence-corrected chi connectivity index (χ3v) is 2.73. The van der Waals surface area contributed by atoms with Crippen molar-refractivity contribution >= 4 is 0 Å². The van der Waals surface area contributed by atoms with E-state index in [4.69, 9.17) is 4.74 Å². The van der Waals surface area contributed by atoms with Gasteiger partial charge < -0.3 is 10.1 Å². The second-order valence-corrected chi connectivity index (χ2v) is 4.38. The highest BCUT2D eigenvalue weighted by atomic mass is 16.5. The highest BCUT2D eigenvalue weighted by Crippen LogP contribution is 2.13. The van der Waals surface area contributed by atoms with Crippen LogP contribution in [0.5, 0.6) is 5.75 Å². The fourth-order valence-corrected chi connectivity index (χ4v) is 1.80. The van der Waals surface area contributed by atoms with Crippen molar-refractivity contribution in [3.05, 3.63) is 23.5 Å². The van der Waals surface area contributed by atoms with E-state index in [1.807, 2.05) is 19.1 Å². The molecule has 0 aliphatic heterocycles. The SMILES string of the molecule is CCCCCCNCc1cc(OC)cc(C)n1. The summed E-state index contributed by atoms with van der Waals surface area (Å²) >= 11 is 0. The van der Waals surface area contributed by atoms with Gasteiger partial charge in [-0.1, -0.05) is 26.2 Å². The van der Waals surface area contributed by atoms with Crippen LogP contribution in [0.3, 0.4) is 0 Å². The van der Waals surface area contributed by atoms with Crippen LogP contribution >= 0.6 is 0 Å². The highest BCUT2D eigenvalue weighted by molar-refractivity contribution is 5.26. The standard InChI is InChI=1S/C14H24N2O/c1-4-5-6-7-8-15-11-13-10-14(17-3)9-12(2)16-13/h9-10,15H,4-8,11H2,1-3H3. The van der Waals surface area contributed by atoms with Crippen molar-refractivity contribution in [3.8, 4) is 5.75 Å². The molecule has 1 aromatic heterocycles. The smallest absolute Gasteiger partial charge is 0.122 e. The van der Waals surface area contributed by atoms with Crippen LogP contribution in [-0.2, 0) is 6.54 Å². The van der Waals surface area contributed by atoms with E-state index in [0.29, 0.717) is 0 Å². The van der Waals surface area contributed by atoms with Crippen LogP contribution in [0.15, 0.2) is 12.1 Å². The Kier molecular flexibility index (Phi) is 6.63. The molecular formula is C14H24N2O. The molecule has 1 heterocycles. The predicted octanol–water partition coefficient (Wildman–Crippen LogP) is 3.07. The molecule has 1 aromatic rings. The van der Waals surface area contributed by atoms with E-state index < -0.39 is 0 Å². The molecule has 0 saturated carbocycles. The maximum Gasteiger partial charge on any atom is 0.122 e. The van der Waals surface area contributed by atoms with Gasteiger partial charge >= 0.3 is 0 Å². The summed E-state index contributed by atoms with van der Waals surface area (Å²) in [4.78, 5) is 4.47. The van der Waals surface area contributed by atoms with Crippen molar-refractivity contribution in [2.24, 2.45) is 0 Å². The fourth-order valence-electron chi connectivity index (χ4n) is 1.80. The number of rotatable bonds is 8. The number of methoxy groups -OCH3 is 1. The van der Waals surface area contributed by atoms with Gasteiger partial charge in [0.15, 0.2) is 0 Å². The molecule has 0 bridgehead atoms. The van der Waals surface area contributed by atoms with Gasteiger partial charge in [-0.05, 0) is 19.9 Å². The zero-order valence-corrected chi connectivity index (χ0v) is 11.3. The number of hydrogen-bond acceptors (Lipinski definition) is 3. The molecule has 1 rings (SSSR count). The molecule has 0 fully saturated rings. The molecule has 0 radical (unpaired) electrons. The van der Waals surface area contributed by atoms with E-state index >= 15 is 0 Å². The summed E-state index contributed by atoms with van der Waals surface area (Å²) < 4.78 is 5.23. The van der Waals surface area contributed by atoms with Crippen molar-refractivity contribution < 1.29 is 4.74 Å². The van der Waals surface area contributed by atoms with Gasteiger partial charge in [-0.2, -0.15) is 0 Å². The Morgan fingerprint density at radius 2 is 2.06 bits per heavy atom. The molecule has 3 nitrogen and oxygen atoms in total. The van der Waals surface area contributed by atoms with E-state index in [9.17, 15) is 0 Å². The zero-order chi connectivity index (χ0) is 12.5. The molecule has 0 aromatic carbocycles. The Balaban J connectivity index is 2.28. The van der Waals surface area contributed by atoms with Gasteiger partial charge in [-0.15, -0.1) is 0 Å². The lowest BCUT2D eigenvalue weighted by Crippen LogP contribution is -2.15. The Bertz CT molecular complexity index is 326. The van der Waals surface area contributed by atoms with Crippen molar-refractivity contribution in [1.82, 2.24) is 10.3 Å². The maximum atomic E-state index is 5.23. The van der Waals surface area contributed by atoms with Crippen LogP contribution in [0.2, 0.25) is 0 Å². The number of aryl methyl sites for hydroxylation is 1. The van der Waals surface area contributed by atoms with Crippen LogP contribution in [0.25, 0.3) is 0 Å². The number of aromatic nitrogens is 1. The number of nitrogens with one attached hydrogen (secondary N) is 1. The molecule has 1 N–H and O–H groups in total. The summed E-state index contributed by atoms with van der Waals surface area (Å²) in [7, 11) is 1.69. The normalized spacial score (nSPS) is 10.5. The summed E-state index contributed by atoms with van der Waals surface area (Å²) in [5.41, 5.74) is 2.06. The number of unbranched alkanes of at least 4 members (excludes halogenated alkanes) is 3. The molecule has 0 aliphatic carbocycles. The highest BCUT2D eigenvalue weighted by Gasteiger charge is 1.99. The van der Waals surface area contributed by atoms with E-state index in [0.717, 1.165) is 30.2 Å². The number of hydrogen-bond donors (Lipinski definition) is 1. The Morgan fingerprint density at radius 3 is 2.76 bits per heavy atom. The lowest BCUT2D eigenvalue weighted by atomic mass is 10.2. The molecule has 3 heteroatoms. The van der Waals surface area contributed by atoms with Gasteiger partial charge in [0.25, 0.3) is 0 Å². The molecule has 0 spiro atoms. The van der Waals surface area contributed by atoms with E-state index in [2.05, 4.69) is 17.2 Å². The second kappa shape index (κ2) is 8.07. The van der Waals surface area contributed by atoms with Gasteiger partial charge in [0.2, 0.25) is 0 Å². The van der Waals surface area contributed by atoms with Crippen molar-refractivity contribution in [3.63, 3.8) is 0 Å². The average Bonchev–Trinajstić information content (AvgIpc) is 2.33. The van der Waals surface area contributed by atoms with Crippen molar-refractivity contribution in [2.75, 3.05) is 13.7 Å². The molecule has 0 unspecified atom stereocenters. The van der Waals surface area contributed by atoms with Gasteiger partial charge in [0, 0.05) is 24.4 Å². The maximum absolute atomic E-state index is 5.23. The molecule has 96 valence electrons. The first kappa shape index (κ1) is 14.0. The first-order valence-electron chi connectivity index (χ1n) is 6.48. The zero-order valence-electron chi connectivity index (χ0n) is 11.3. The minimum absolute atomic E-state index is 0.824. The average molecular weight is 236 g/mol. The molecular weight excluding hydrogens is 212 g/mol. The molecule has 17 heavy (non-hydrogen) atoms. The van der Waals surface area contributed by atoms with Gasteiger partial charge in [0.1, 0.15) is 5.75 Å². The third-order valence-electron chi connectivity index (χ3n) is 2.73. The number of nitrogens with zero attached hydrogens (tertiary/aromatic N) is 1. The summed E-state index contributed by atoms with van der Waals surface area (Å²) in [6, 6.07) is 3.94. The fraction of sp³-hybridized carbons (Fsp3) is 0.643. The van der Waals surface area contributed by atoms with Crippen LogP contribution in [0.1, 0.15) is 44.0 Å². The largest absolute Gasteiger partial charge is 0.497 e. The minimum Gasteiger partial charge on any atom is -0.497 e. The monoisotopic (exact) mass is 236 g/mol. The summed E-state index contributed by atoms with van der Waals surface area (Å²) in [6.07, 6.45) is 5.18. The Morgan fingerprint density at radius 1 is 1.24 bits per heavy atom. The molecule has 0 amide bonds. The lowest BCUT2D eigenvalue weighted by molar-refractivity contribution is 0.412. The predicted molar refractivity (Wildman–Crippen MR) is 71.4 cm³/mol. The van der Waals surface area contributed by atoms with E-state index in [-0.39, 0.29) is 0 Å². The summed E-state index contributed by atoms with van der Waals surface area (Å²) in [6.45, 7) is 6.12. The van der Waals surface area contributed by atoms with Crippen molar-refractivity contribution in [2.45, 2.75) is 46.1 Å². The van der Waals surface area contributed by atoms with Gasteiger partial charge in [-0.3, -0.25) is 4.98 Å². The quantitative estimate of drug-likeness (QED) is 0.704. The van der Waals surface area contributed by atoms with Gasteiger partial charge in [0.05, 0.1) is 12.8 Å². The van der Waals surface area contributed by atoms with Crippen LogP contribution in [0.4, 0.5) is 0 Å². The van der Waals surface area contributed by atoms with Crippen LogP contribution in [0, 0.1) is 6.92 Å². The van der Waals surface area contributed by atoms with Crippen LogP contribution < -0.4 is 10.1 Å². The first-order chi connectivity index (χ1) is 8.26. The molecule has 0 atom stereocenters. The summed E-state index contributed by atoms with van der Waals surface area (Å²) in [5, 5.41) is 3.42. The van der Waals surface area contributed by atoms with E-state index in [1.165, 1.54) is 25.7 Å². The Labute approximate surface area is 105 Å². The van der Waals surface area contributed by atoms with E-state index in [1.54, 1.807) is 7.11 Å². The van der Waals surface area contributed by atoms with Gasteiger partial charge in [-0.25, -0.2) is 0 Å². The minimum atomic E-state index is 0.824. The molecule has 0 saturated heterocycles. The Hall–Kier alpha value is -1.09.